The Balaban J connectivity index is 1.13. The maximum Gasteiger partial charge on any atom is 0.251 e. The van der Waals surface area contributed by atoms with Crippen molar-refractivity contribution in [1.82, 2.24) is 20.1 Å². The summed E-state index contributed by atoms with van der Waals surface area (Å²) < 4.78 is 0. The van der Waals surface area contributed by atoms with E-state index in [2.05, 4.69) is 46.1 Å². The van der Waals surface area contributed by atoms with Gasteiger partial charge >= 0.3 is 0 Å². The molecule has 6 heteroatoms. The van der Waals surface area contributed by atoms with Crippen molar-refractivity contribution in [2.75, 3.05) is 32.7 Å². The summed E-state index contributed by atoms with van der Waals surface area (Å²) in [6, 6.07) is 12.2. The number of hydrogen-bond acceptors (Lipinski definition) is 3. The molecule has 6 nitrogen and oxygen atoms in total. The number of likely N-dealkylation sites (tertiary alicyclic amines) is 1. The molecule has 2 aliphatic rings. The molecule has 0 saturated carbocycles. The quantitative estimate of drug-likeness (QED) is 0.611. The normalized spacial score (nSPS) is 18.6. The SMILES string of the molecule is Cc1cc2c(cc1C)CN(C(=O)C1CCCN(CCNC(=O)c3ccc4[nH]ccc4c3)C1)CC2. The largest absolute Gasteiger partial charge is 0.361 e. The highest BCUT2D eigenvalue weighted by molar-refractivity contribution is 5.98. The number of fused-ring (bicyclic) bond motifs is 2. The van der Waals surface area contributed by atoms with Crippen LogP contribution in [0.3, 0.4) is 0 Å². The smallest absolute Gasteiger partial charge is 0.251 e. The van der Waals surface area contributed by atoms with Crippen molar-refractivity contribution in [3.8, 4) is 0 Å². The molecule has 2 amide bonds. The fourth-order valence-corrected chi connectivity index (χ4v) is 5.39. The van der Waals surface area contributed by atoms with Gasteiger partial charge in [-0.2, -0.15) is 0 Å². The Labute approximate surface area is 201 Å². The molecule has 0 spiro atoms. The molecule has 2 aromatic carbocycles. The van der Waals surface area contributed by atoms with E-state index < -0.39 is 0 Å². The van der Waals surface area contributed by atoms with Gasteiger partial charge < -0.3 is 20.1 Å². The molecular weight excluding hydrogens is 424 g/mol. The molecule has 1 fully saturated rings. The van der Waals surface area contributed by atoms with Crippen LogP contribution in [-0.2, 0) is 17.8 Å². The molecule has 1 atom stereocenters. The summed E-state index contributed by atoms with van der Waals surface area (Å²) in [4.78, 5) is 33.5. The van der Waals surface area contributed by atoms with Crippen molar-refractivity contribution in [2.24, 2.45) is 5.92 Å². The molecule has 2 N–H and O–H groups in total. The van der Waals surface area contributed by atoms with Gasteiger partial charge in [0.05, 0.1) is 5.92 Å². The molecule has 0 bridgehead atoms. The summed E-state index contributed by atoms with van der Waals surface area (Å²) >= 11 is 0. The van der Waals surface area contributed by atoms with Crippen molar-refractivity contribution in [1.29, 1.82) is 0 Å². The minimum absolute atomic E-state index is 0.0496. The van der Waals surface area contributed by atoms with Crippen LogP contribution in [0.15, 0.2) is 42.6 Å². The second-order valence-corrected chi connectivity index (χ2v) is 9.89. The van der Waals surface area contributed by atoms with E-state index in [1.54, 1.807) is 0 Å². The number of nitrogens with one attached hydrogen (secondary N) is 2. The van der Waals surface area contributed by atoms with Crippen LogP contribution in [-0.4, -0.2) is 59.3 Å². The third kappa shape index (κ3) is 4.73. The fraction of sp³-hybridized carbons (Fsp3) is 0.429. The molecule has 2 aliphatic heterocycles. The van der Waals surface area contributed by atoms with Crippen LogP contribution < -0.4 is 5.32 Å². The molecule has 5 rings (SSSR count). The zero-order chi connectivity index (χ0) is 23.7. The van der Waals surface area contributed by atoms with Crippen molar-refractivity contribution in [3.05, 3.63) is 70.4 Å². The van der Waals surface area contributed by atoms with Crippen LogP contribution in [0.1, 0.15) is 45.5 Å². The second kappa shape index (κ2) is 9.63. The number of rotatable bonds is 5. The second-order valence-electron chi connectivity index (χ2n) is 9.89. The lowest BCUT2D eigenvalue weighted by atomic mass is 9.92. The number of piperidine rings is 1. The number of amides is 2. The van der Waals surface area contributed by atoms with Crippen LogP contribution in [0, 0.1) is 19.8 Å². The predicted molar refractivity (Wildman–Crippen MR) is 135 cm³/mol. The van der Waals surface area contributed by atoms with E-state index in [0.29, 0.717) is 12.1 Å². The summed E-state index contributed by atoms with van der Waals surface area (Å²) in [6.07, 6.45) is 4.80. The zero-order valence-corrected chi connectivity index (χ0v) is 20.2. The lowest BCUT2D eigenvalue weighted by Gasteiger charge is -2.37. The molecule has 0 aliphatic carbocycles. The standard InChI is InChI=1S/C28H34N4O2/c1-19-14-21-8-12-32(18-25(21)15-20(19)2)28(34)24-4-3-11-31(17-24)13-10-30-27(33)23-5-6-26-22(16-23)7-9-29-26/h5-7,9,14-16,24,29H,3-4,8,10-13,17-18H2,1-2H3,(H,30,33). The van der Waals surface area contributed by atoms with Crippen LogP contribution >= 0.6 is 0 Å². The van der Waals surface area contributed by atoms with Crippen LogP contribution in [0.5, 0.6) is 0 Å². The van der Waals surface area contributed by atoms with E-state index in [1.165, 1.54) is 22.3 Å². The van der Waals surface area contributed by atoms with Crippen molar-refractivity contribution >= 4 is 22.7 Å². The van der Waals surface area contributed by atoms with Crippen LogP contribution in [0.4, 0.5) is 0 Å². The number of carbonyl (C=O) groups excluding carboxylic acids is 2. The first-order valence-electron chi connectivity index (χ1n) is 12.4. The van der Waals surface area contributed by atoms with Crippen molar-refractivity contribution in [3.63, 3.8) is 0 Å². The van der Waals surface area contributed by atoms with Crippen LogP contribution in [0.2, 0.25) is 0 Å². The fourth-order valence-electron chi connectivity index (χ4n) is 5.39. The first-order valence-corrected chi connectivity index (χ1v) is 12.4. The monoisotopic (exact) mass is 458 g/mol. The summed E-state index contributed by atoms with van der Waals surface area (Å²) in [7, 11) is 0. The topological polar surface area (TPSA) is 68.4 Å². The molecule has 1 saturated heterocycles. The first-order chi connectivity index (χ1) is 16.5. The van der Waals surface area contributed by atoms with E-state index >= 15 is 0 Å². The number of hydrogen-bond donors (Lipinski definition) is 2. The Kier molecular flexibility index (Phi) is 6.42. The molecule has 178 valence electrons. The highest BCUT2D eigenvalue weighted by Crippen LogP contribution is 2.26. The van der Waals surface area contributed by atoms with Gasteiger partial charge in [-0.15, -0.1) is 0 Å². The summed E-state index contributed by atoms with van der Waals surface area (Å²) in [5, 5.41) is 4.08. The lowest BCUT2D eigenvalue weighted by Crippen LogP contribution is -2.47. The molecule has 1 aromatic heterocycles. The van der Waals surface area contributed by atoms with E-state index in [9.17, 15) is 9.59 Å². The number of benzene rings is 2. The average Bonchev–Trinajstić information content (AvgIpc) is 3.32. The Bertz CT molecular complexity index is 1210. The highest BCUT2D eigenvalue weighted by Gasteiger charge is 2.31. The lowest BCUT2D eigenvalue weighted by molar-refractivity contribution is -0.138. The number of carbonyl (C=O) groups is 2. The van der Waals surface area contributed by atoms with Gasteiger partial charge in [0.25, 0.3) is 5.91 Å². The van der Waals surface area contributed by atoms with Gasteiger partial charge in [0.1, 0.15) is 0 Å². The third-order valence-electron chi connectivity index (χ3n) is 7.52. The summed E-state index contributed by atoms with van der Waals surface area (Å²) in [5.41, 5.74) is 7.03. The zero-order valence-electron chi connectivity index (χ0n) is 20.2. The van der Waals surface area contributed by atoms with E-state index in [1.807, 2.05) is 30.5 Å². The van der Waals surface area contributed by atoms with Gasteiger partial charge in [-0.25, -0.2) is 0 Å². The van der Waals surface area contributed by atoms with E-state index in [4.69, 9.17) is 0 Å². The molecule has 0 radical (unpaired) electrons. The highest BCUT2D eigenvalue weighted by atomic mass is 16.2. The Morgan fingerprint density at radius 2 is 1.88 bits per heavy atom. The van der Waals surface area contributed by atoms with Gasteiger partial charge in [0, 0.05) is 55.4 Å². The van der Waals surface area contributed by atoms with Crippen molar-refractivity contribution in [2.45, 2.75) is 39.7 Å². The van der Waals surface area contributed by atoms with Gasteiger partial charge in [-0.1, -0.05) is 12.1 Å². The number of aromatic nitrogens is 1. The Hall–Kier alpha value is -3.12. The minimum atomic E-state index is -0.0507. The molecular formula is C28H34N4O2. The molecule has 3 aromatic rings. The predicted octanol–water partition coefficient (Wildman–Crippen LogP) is 3.81. The van der Waals surface area contributed by atoms with E-state index in [-0.39, 0.29) is 17.7 Å². The molecule has 34 heavy (non-hydrogen) atoms. The number of aromatic amines is 1. The molecule has 3 heterocycles. The van der Waals surface area contributed by atoms with Crippen molar-refractivity contribution < 1.29 is 9.59 Å². The molecule has 1 unspecified atom stereocenters. The Morgan fingerprint density at radius 3 is 2.74 bits per heavy atom. The number of aryl methyl sites for hydroxylation is 2. The maximum atomic E-state index is 13.3. The maximum absolute atomic E-state index is 13.3. The van der Waals surface area contributed by atoms with Crippen LogP contribution in [0.25, 0.3) is 10.9 Å². The first kappa shape index (κ1) is 22.7. The minimum Gasteiger partial charge on any atom is -0.361 e. The number of nitrogens with zero attached hydrogens (tertiary/aromatic N) is 2. The third-order valence-corrected chi connectivity index (χ3v) is 7.52. The Morgan fingerprint density at radius 1 is 1.06 bits per heavy atom. The van der Waals surface area contributed by atoms with Gasteiger partial charge in [-0.05, 0) is 86.2 Å². The van der Waals surface area contributed by atoms with Gasteiger partial charge in [0.15, 0.2) is 0 Å². The summed E-state index contributed by atoms with van der Waals surface area (Å²) in [5.74, 6) is 0.288. The average molecular weight is 459 g/mol. The van der Waals surface area contributed by atoms with Gasteiger partial charge in [0.2, 0.25) is 5.91 Å². The van der Waals surface area contributed by atoms with E-state index in [0.717, 1.165) is 62.9 Å². The van der Waals surface area contributed by atoms with Gasteiger partial charge in [-0.3, -0.25) is 9.59 Å². The summed E-state index contributed by atoms with van der Waals surface area (Å²) in [6.45, 7) is 8.96. The number of H-pyrrole nitrogens is 1.